The molecule has 0 spiro atoms. The molecule has 1 aliphatic heterocycles. The van der Waals surface area contributed by atoms with Crippen LogP contribution in [0.5, 0.6) is 23.0 Å². The van der Waals surface area contributed by atoms with Gasteiger partial charge in [-0.15, -0.1) is 0 Å². The molecule has 0 aromatic heterocycles. The maximum Gasteiger partial charge on any atom is 0.252 e. The molecular formula is C20H23NO5. The molecular weight excluding hydrogens is 334 g/mol. The van der Waals surface area contributed by atoms with E-state index in [4.69, 9.17) is 18.9 Å². The lowest BCUT2D eigenvalue weighted by molar-refractivity contribution is 0.0937. The van der Waals surface area contributed by atoms with Gasteiger partial charge in [-0.2, -0.15) is 0 Å². The maximum atomic E-state index is 12.8. The summed E-state index contributed by atoms with van der Waals surface area (Å²) in [6.45, 7) is 4.82. The van der Waals surface area contributed by atoms with Gasteiger partial charge in [-0.1, -0.05) is 17.7 Å². The summed E-state index contributed by atoms with van der Waals surface area (Å²) in [6.07, 6.45) is 0. The van der Waals surface area contributed by atoms with Crippen molar-refractivity contribution in [3.05, 3.63) is 47.0 Å². The van der Waals surface area contributed by atoms with E-state index in [-0.39, 0.29) is 11.9 Å². The van der Waals surface area contributed by atoms with Gasteiger partial charge in [-0.25, -0.2) is 0 Å². The number of amides is 1. The monoisotopic (exact) mass is 357 g/mol. The number of hydrogen-bond donors (Lipinski definition) is 1. The van der Waals surface area contributed by atoms with E-state index in [0.717, 1.165) is 16.9 Å². The number of carbonyl (C=O) groups is 1. The highest BCUT2D eigenvalue weighted by Crippen LogP contribution is 2.40. The standard InChI is InChI=1S/C20H23NO5/c1-12-5-6-16(23-3)15(9-12)13(2)21-20(22)14-10-17(24-4)19-18(11-14)25-7-8-26-19/h5-6,9-11,13H,7-8H2,1-4H3,(H,21,22)/t13-/m0/s1. The Labute approximate surface area is 153 Å². The van der Waals surface area contributed by atoms with E-state index in [0.29, 0.717) is 36.0 Å². The first-order valence-electron chi connectivity index (χ1n) is 8.46. The number of aryl methyl sites for hydroxylation is 1. The molecule has 138 valence electrons. The van der Waals surface area contributed by atoms with Crippen LogP contribution in [0.3, 0.4) is 0 Å². The molecule has 0 radical (unpaired) electrons. The van der Waals surface area contributed by atoms with Crippen molar-refractivity contribution in [2.75, 3.05) is 27.4 Å². The summed E-state index contributed by atoms with van der Waals surface area (Å²) >= 11 is 0. The summed E-state index contributed by atoms with van der Waals surface area (Å²) in [4.78, 5) is 12.8. The third-order valence-electron chi connectivity index (χ3n) is 4.29. The van der Waals surface area contributed by atoms with Crippen LogP contribution in [0.2, 0.25) is 0 Å². The average molecular weight is 357 g/mol. The van der Waals surface area contributed by atoms with Gasteiger partial charge in [0.1, 0.15) is 19.0 Å². The highest BCUT2D eigenvalue weighted by Gasteiger charge is 2.22. The Morgan fingerprint density at radius 2 is 1.81 bits per heavy atom. The van der Waals surface area contributed by atoms with E-state index in [2.05, 4.69) is 5.32 Å². The Hall–Kier alpha value is -2.89. The first-order chi connectivity index (χ1) is 12.5. The molecule has 1 aliphatic rings. The molecule has 0 saturated carbocycles. The zero-order chi connectivity index (χ0) is 18.7. The molecule has 1 amide bonds. The van der Waals surface area contributed by atoms with Gasteiger partial charge in [0.2, 0.25) is 5.75 Å². The lowest BCUT2D eigenvalue weighted by atomic mass is 10.0. The predicted molar refractivity (Wildman–Crippen MR) is 97.6 cm³/mol. The number of ether oxygens (including phenoxy) is 4. The molecule has 3 rings (SSSR count). The van der Waals surface area contributed by atoms with Crippen molar-refractivity contribution in [1.82, 2.24) is 5.32 Å². The lowest BCUT2D eigenvalue weighted by Crippen LogP contribution is -2.27. The second kappa shape index (κ2) is 7.56. The van der Waals surface area contributed by atoms with Crippen LogP contribution < -0.4 is 24.3 Å². The Morgan fingerprint density at radius 1 is 1.08 bits per heavy atom. The minimum atomic E-state index is -0.226. The van der Waals surface area contributed by atoms with Crippen molar-refractivity contribution in [2.45, 2.75) is 19.9 Å². The molecule has 6 heteroatoms. The largest absolute Gasteiger partial charge is 0.496 e. The normalized spacial score (nSPS) is 13.7. The number of fused-ring (bicyclic) bond motifs is 1. The van der Waals surface area contributed by atoms with Crippen LogP contribution >= 0.6 is 0 Å². The zero-order valence-corrected chi connectivity index (χ0v) is 15.4. The van der Waals surface area contributed by atoms with Gasteiger partial charge in [0.05, 0.1) is 20.3 Å². The van der Waals surface area contributed by atoms with E-state index in [1.165, 1.54) is 7.11 Å². The van der Waals surface area contributed by atoms with Crippen LogP contribution in [-0.4, -0.2) is 33.3 Å². The summed E-state index contributed by atoms with van der Waals surface area (Å²) in [7, 11) is 3.16. The number of rotatable bonds is 5. The third-order valence-corrected chi connectivity index (χ3v) is 4.29. The third kappa shape index (κ3) is 3.54. The zero-order valence-electron chi connectivity index (χ0n) is 15.4. The van der Waals surface area contributed by atoms with Crippen molar-refractivity contribution in [2.24, 2.45) is 0 Å². The summed E-state index contributed by atoms with van der Waals surface area (Å²) in [5.41, 5.74) is 2.47. The number of nitrogens with one attached hydrogen (secondary N) is 1. The molecule has 1 N–H and O–H groups in total. The molecule has 6 nitrogen and oxygen atoms in total. The maximum absolute atomic E-state index is 12.8. The topological polar surface area (TPSA) is 66.0 Å². The van der Waals surface area contributed by atoms with Crippen molar-refractivity contribution in [3.8, 4) is 23.0 Å². The highest BCUT2D eigenvalue weighted by molar-refractivity contribution is 5.96. The van der Waals surface area contributed by atoms with E-state index >= 15 is 0 Å². The lowest BCUT2D eigenvalue weighted by Gasteiger charge is -2.22. The van der Waals surface area contributed by atoms with Crippen LogP contribution in [0, 0.1) is 6.92 Å². The molecule has 2 aromatic carbocycles. The van der Waals surface area contributed by atoms with Crippen molar-refractivity contribution in [1.29, 1.82) is 0 Å². The number of benzene rings is 2. The fourth-order valence-corrected chi connectivity index (χ4v) is 2.95. The van der Waals surface area contributed by atoms with Crippen LogP contribution in [0.4, 0.5) is 0 Å². The van der Waals surface area contributed by atoms with E-state index in [1.807, 2.05) is 32.0 Å². The van der Waals surface area contributed by atoms with E-state index in [1.54, 1.807) is 19.2 Å². The molecule has 26 heavy (non-hydrogen) atoms. The summed E-state index contributed by atoms with van der Waals surface area (Å²) in [6, 6.07) is 8.99. The Balaban J connectivity index is 1.85. The molecule has 0 aliphatic carbocycles. The van der Waals surface area contributed by atoms with Crippen molar-refractivity contribution < 1.29 is 23.7 Å². The number of carbonyl (C=O) groups excluding carboxylic acids is 1. The van der Waals surface area contributed by atoms with Gasteiger partial charge in [-0.3, -0.25) is 4.79 Å². The van der Waals surface area contributed by atoms with Gasteiger partial charge in [0, 0.05) is 11.1 Å². The Morgan fingerprint density at radius 3 is 2.54 bits per heavy atom. The van der Waals surface area contributed by atoms with Gasteiger partial charge in [0.15, 0.2) is 11.5 Å². The average Bonchev–Trinajstić information content (AvgIpc) is 2.66. The van der Waals surface area contributed by atoms with Gasteiger partial charge >= 0.3 is 0 Å². The Kier molecular flexibility index (Phi) is 5.21. The van der Waals surface area contributed by atoms with Crippen LogP contribution in [0.25, 0.3) is 0 Å². The Bertz CT molecular complexity index is 801. The van der Waals surface area contributed by atoms with E-state index in [9.17, 15) is 4.79 Å². The smallest absolute Gasteiger partial charge is 0.252 e. The molecule has 0 bridgehead atoms. The van der Waals surface area contributed by atoms with Gasteiger partial charge < -0.3 is 24.3 Å². The van der Waals surface area contributed by atoms with E-state index < -0.39 is 0 Å². The number of hydrogen-bond acceptors (Lipinski definition) is 5. The summed E-state index contributed by atoms with van der Waals surface area (Å²) < 4.78 is 21.9. The second-order valence-corrected chi connectivity index (χ2v) is 6.14. The van der Waals surface area contributed by atoms with Gasteiger partial charge in [-0.05, 0) is 32.0 Å². The predicted octanol–water partition coefficient (Wildman–Crippen LogP) is 3.27. The molecule has 1 heterocycles. The number of methoxy groups -OCH3 is 2. The van der Waals surface area contributed by atoms with Crippen LogP contribution in [-0.2, 0) is 0 Å². The SMILES string of the molecule is COc1ccc(C)cc1[C@H](C)NC(=O)c1cc(OC)c2c(c1)OCCO2. The summed E-state index contributed by atoms with van der Waals surface area (Å²) in [5.74, 6) is 2.04. The molecule has 2 aromatic rings. The molecule has 0 fully saturated rings. The summed E-state index contributed by atoms with van der Waals surface area (Å²) in [5, 5.41) is 3.00. The molecule has 1 atom stereocenters. The quantitative estimate of drug-likeness (QED) is 0.890. The molecule has 0 unspecified atom stereocenters. The second-order valence-electron chi connectivity index (χ2n) is 6.14. The fraction of sp³-hybridized carbons (Fsp3) is 0.350. The fourth-order valence-electron chi connectivity index (χ4n) is 2.95. The van der Waals surface area contributed by atoms with Crippen molar-refractivity contribution >= 4 is 5.91 Å². The first-order valence-corrected chi connectivity index (χ1v) is 8.46. The molecule has 0 saturated heterocycles. The minimum absolute atomic E-state index is 0.225. The highest BCUT2D eigenvalue weighted by atomic mass is 16.6. The minimum Gasteiger partial charge on any atom is -0.496 e. The first kappa shape index (κ1) is 17.9. The van der Waals surface area contributed by atoms with Crippen molar-refractivity contribution in [3.63, 3.8) is 0 Å². The van der Waals surface area contributed by atoms with Crippen LogP contribution in [0.1, 0.15) is 34.5 Å². The van der Waals surface area contributed by atoms with Crippen LogP contribution in [0.15, 0.2) is 30.3 Å². The van der Waals surface area contributed by atoms with Gasteiger partial charge in [0.25, 0.3) is 5.91 Å².